The summed E-state index contributed by atoms with van der Waals surface area (Å²) >= 11 is 6.42. The maximum atomic E-state index is 10.5. The van der Waals surface area contributed by atoms with E-state index in [2.05, 4.69) is 0 Å². The van der Waals surface area contributed by atoms with Gasteiger partial charge in [-0.2, -0.15) is 0 Å². The summed E-state index contributed by atoms with van der Waals surface area (Å²) in [5, 5.41) is 51.0. The Morgan fingerprint density at radius 2 is 1.65 bits per heavy atom. The van der Waals surface area contributed by atoms with Crippen molar-refractivity contribution in [3.8, 4) is 5.75 Å². The monoisotopic (exact) mass is 494 g/mol. The molecule has 2 fully saturated rings. The van der Waals surface area contributed by atoms with Gasteiger partial charge in [-0.15, -0.1) is 0 Å². The molecule has 0 radical (unpaired) electrons. The fraction of sp³-hybridized carbons (Fsp3) is 0.520. The molecule has 1 aliphatic carbocycles. The van der Waals surface area contributed by atoms with Gasteiger partial charge in [0, 0.05) is 5.02 Å². The lowest BCUT2D eigenvalue weighted by Crippen LogP contribution is -2.65. The topological polar surface area (TPSA) is 129 Å². The third-order valence-electron chi connectivity index (χ3n) is 6.37. The Balaban J connectivity index is 1.45. The van der Waals surface area contributed by atoms with Crippen LogP contribution >= 0.6 is 11.6 Å². The smallest absolute Gasteiger partial charge is 0.143 e. The van der Waals surface area contributed by atoms with Gasteiger partial charge in [0.05, 0.1) is 25.9 Å². The number of ether oxygens (including phenoxy) is 3. The fourth-order valence-corrected chi connectivity index (χ4v) is 4.27. The van der Waals surface area contributed by atoms with Crippen LogP contribution in [0.3, 0.4) is 0 Å². The fourth-order valence-electron chi connectivity index (χ4n) is 4.09. The summed E-state index contributed by atoms with van der Waals surface area (Å²) in [6, 6.07) is 12.7. The first-order valence-electron chi connectivity index (χ1n) is 11.4. The summed E-state index contributed by atoms with van der Waals surface area (Å²) in [6.45, 7) is -0.389. The van der Waals surface area contributed by atoms with Crippen LogP contribution in [0.1, 0.15) is 35.6 Å². The molecule has 0 unspecified atom stereocenters. The molecule has 4 atom stereocenters. The summed E-state index contributed by atoms with van der Waals surface area (Å²) in [5.74, 6) is 0.749. The van der Waals surface area contributed by atoms with Crippen LogP contribution in [0.4, 0.5) is 0 Å². The standard InChI is InChI=1S/C25H31ClO8/c26-20-8-3-16(23-21(29)22(30)24(31)25(13-27,14-28)34-23)12-17(20)11-15-1-4-18(5-2-15)32-9-10-33-19-6-7-19/h1-5,8,12,19,21-24,27-31H,6-7,9-11,13-14H2/t21-,22-,23+,24+/m1/s1. The lowest BCUT2D eigenvalue weighted by Gasteiger charge is -2.47. The molecule has 8 nitrogen and oxygen atoms in total. The molecule has 34 heavy (non-hydrogen) atoms. The van der Waals surface area contributed by atoms with Gasteiger partial charge < -0.3 is 39.7 Å². The maximum Gasteiger partial charge on any atom is 0.143 e. The minimum absolute atomic E-state index is 0.406. The Morgan fingerprint density at radius 3 is 2.29 bits per heavy atom. The molecule has 9 heteroatoms. The van der Waals surface area contributed by atoms with Gasteiger partial charge in [-0.1, -0.05) is 35.9 Å². The van der Waals surface area contributed by atoms with Crippen LogP contribution < -0.4 is 4.74 Å². The summed E-state index contributed by atoms with van der Waals surface area (Å²) in [5.41, 5.74) is 0.449. The molecule has 1 heterocycles. The minimum Gasteiger partial charge on any atom is -0.491 e. The van der Waals surface area contributed by atoms with Gasteiger partial charge in [0.25, 0.3) is 0 Å². The van der Waals surface area contributed by atoms with Crippen molar-refractivity contribution in [2.24, 2.45) is 0 Å². The molecular formula is C25H31ClO8. The second-order valence-electron chi connectivity index (χ2n) is 8.94. The van der Waals surface area contributed by atoms with E-state index in [1.165, 1.54) is 0 Å². The summed E-state index contributed by atoms with van der Waals surface area (Å²) in [7, 11) is 0. The summed E-state index contributed by atoms with van der Waals surface area (Å²) in [6.07, 6.45) is -2.63. The second kappa shape index (κ2) is 10.9. The molecule has 186 valence electrons. The number of benzene rings is 2. The Kier molecular flexibility index (Phi) is 8.12. The van der Waals surface area contributed by atoms with E-state index in [1.54, 1.807) is 18.2 Å². The highest BCUT2D eigenvalue weighted by atomic mass is 35.5. The lowest BCUT2D eigenvalue weighted by atomic mass is 9.83. The molecule has 2 aromatic carbocycles. The van der Waals surface area contributed by atoms with Crippen molar-refractivity contribution in [3.05, 3.63) is 64.2 Å². The van der Waals surface area contributed by atoms with E-state index >= 15 is 0 Å². The van der Waals surface area contributed by atoms with Crippen LogP contribution in [-0.4, -0.2) is 82.0 Å². The van der Waals surface area contributed by atoms with Gasteiger partial charge in [-0.05, 0) is 54.2 Å². The van der Waals surface area contributed by atoms with Crippen molar-refractivity contribution in [2.45, 2.75) is 55.4 Å². The zero-order valence-corrected chi connectivity index (χ0v) is 19.5. The first kappa shape index (κ1) is 25.3. The van der Waals surface area contributed by atoms with Crippen LogP contribution in [0, 0.1) is 0 Å². The predicted molar refractivity (Wildman–Crippen MR) is 124 cm³/mol. The number of hydrogen-bond acceptors (Lipinski definition) is 8. The van der Waals surface area contributed by atoms with Crippen molar-refractivity contribution < 1.29 is 39.7 Å². The van der Waals surface area contributed by atoms with Crippen molar-refractivity contribution in [1.82, 2.24) is 0 Å². The largest absolute Gasteiger partial charge is 0.491 e. The third-order valence-corrected chi connectivity index (χ3v) is 6.73. The van der Waals surface area contributed by atoms with Crippen LogP contribution in [0.25, 0.3) is 0 Å². The van der Waals surface area contributed by atoms with Crippen LogP contribution in [-0.2, 0) is 15.9 Å². The highest BCUT2D eigenvalue weighted by molar-refractivity contribution is 6.31. The molecule has 5 N–H and O–H groups in total. The number of hydrogen-bond donors (Lipinski definition) is 5. The third kappa shape index (κ3) is 5.56. The average molecular weight is 495 g/mol. The van der Waals surface area contributed by atoms with Crippen molar-refractivity contribution in [3.63, 3.8) is 0 Å². The van der Waals surface area contributed by atoms with Crippen LogP contribution in [0.2, 0.25) is 5.02 Å². The normalized spacial score (nSPS) is 26.4. The SMILES string of the molecule is OCC1(CO)O[C@@H](c2ccc(Cl)c(Cc3ccc(OCCOC4CC4)cc3)c2)[C@H](O)[C@@H](O)[C@@H]1O. The Bertz CT molecular complexity index is 944. The second-order valence-corrected chi connectivity index (χ2v) is 9.34. The molecular weight excluding hydrogens is 464 g/mol. The first-order chi connectivity index (χ1) is 16.4. The summed E-state index contributed by atoms with van der Waals surface area (Å²) < 4.78 is 17.0. The van der Waals surface area contributed by atoms with E-state index in [4.69, 9.17) is 25.8 Å². The van der Waals surface area contributed by atoms with Crippen molar-refractivity contribution >= 4 is 11.6 Å². The average Bonchev–Trinajstić information content (AvgIpc) is 3.68. The number of aliphatic hydroxyl groups excluding tert-OH is 5. The number of halogens is 1. The van der Waals surface area contributed by atoms with Gasteiger partial charge >= 0.3 is 0 Å². The van der Waals surface area contributed by atoms with E-state index in [0.29, 0.717) is 36.3 Å². The maximum absolute atomic E-state index is 10.5. The Labute approximate surface area is 203 Å². The van der Waals surface area contributed by atoms with E-state index in [0.717, 1.165) is 29.7 Å². The van der Waals surface area contributed by atoms with Crippen LogP contribution in [0.5, 0.6) is 5.75 Å². The molecule has 2 aliphatic rings. The molecule has 0 amide bonds. The van der Waals surface area contributed by atoms with E-state index in [9.17, 15) is 25.5 Å². The highest BCUT2D eigenvalue weighted by Crippen LogP contribution is 2.39. The van der Waals surface area contributed by atoms with E-state index in [-0.39, 0.29) is 0 Å². The zero-order chi connectivity index (χ0) is 24.3. The molecule has 0 spiro atoms. The lowest BCUT2D eigenvalue weighted by molar-refractivity contribution is -0.289. The van der Waals surface area contributed by atoms with Crippen LogP contribution in [0.15, 0.2) is 42.5 Å². The quantitative estimate of drug-likeness (QED) is 0.313. The Hall–Kier alpha value is -1.75. The number of rotatable bonds is 10. The van der Waals surface area contributed by atoms with Gasteiger partial charge in [0.15, 0.2) is 0 Å². The van der Waals surface area contributed by atoms with Crippen molar-refractivity contribution in [1.29, 1.82) is 0 Å². The molecule has 1 saturated heterocycles. The molecule has 1 aliphatic heterocycles. The minimum atomic E-state index is -1.80. The number of aliphatic hydroxyl groups is 5. The predicted octanol–water partition coefficient (Wildman–Crippen LogP) is 1.37. The molecule has 1 saturated carbocycles. The molecule has 0 aromatic heterocycles. The first-order valence-corrected chi connectivity index (χ1v) is 11.8. The van der Waals surface area contributed by atoms with Gasteiger partial charge in [-0.3, -0.25) is 0 Å². The Morgan fingerprint density at radius 1 is 0.941 bits per heavy atom. The van der Waals surface area contributed by atoms with E-state index < -0.39 is 43.2 Å². The van der Waals surface area contributed by atoms with Crippen molar-refractivity contribution in [2.75, 3.05) is 26.4 Å². The van der Waals surface area contributed by atoms with Gasteiger partial charge in [0.2, 0.25) is 0 Å². The van der Waals surface area contributed by atoms with Gasteiger partial charge in [-0.25, -0.2) is 0 Å². The summed E-state index contributed by atoms with van der Waals surface area (Å²) in [4.78, 5) is 0. The zero-order valence-electron chi connectivity index (χ0n) is 18.7. The molecule has 0 bridgehead atoms. The van der Waals surface area contributed by atoms with E-state index in [1.807, 2.05) is 24.3 Å². The molecule has 2 aromatic rings. The molecule has 4 rings (SSSR count). The highest BCUT2D eigenvalue weighted by Gasteiger charge is 2.53. The van der Waals surface area contributed by atoms with Gasteiger partial charge in [0.1, 0.15) is 42.4 Å².